The molecule has 0 aliphatic carbocycles. The summed E-state index contributed by atoms with van der Waals surface area (Å²) in [6.07, 6.45) is 0.845. The van der Waals surface area contributed by atoms with E-state index in [0.717, 1.165) is 18.3 Å². The van der Waals surface area contributed by atoms with Gasteiger partial charge in [0.15, 0.2) is 11.6 Å². The Morgan fingerprint density at radius 3 is 2.55 bits per heavy atom. The summed E-state index contributed by atoms with van der Waals surface area (Å²) in [6.45, 7) is -0.253. The minimum absolute atomic E-state index is 0.0211. The average Bonchev–Trinajstić information content (AvgIpc) is 2.37. The van der Waals surface area contributed by atoms with Crippen molar-refractivity contribution in [2.75, 3.05) is 13.2 Å². The third kappa shape index (κ3) is 3.97. The molecule has 0 unspecified atom stereocenters. The Labute approximate surface area is 126 Å². The summed E-state index contributed by atoms with van der Waals surface area (Å²) in [7, 11) is 0. The maximum absolute atomic E-state index is 13.6. The minimum Gasteiger partial charge on any atom is -0.477 e. The summed E-state index contributed by atoms with van der Waals surface area (Å²) in [6, 6.07) is 1.95. The van der Waals surface area contributed by atoms with E-state index >= 15 is 0 Å². The third-order valence-electron chi connectivity index (χ3n) is 2.22. The Morgan fingerprint density at radius 1 is 1.35 bits per heavy atom. The van der Waals surface area contributed by atoms with Crippen LogP contribution in [0.5, 0.6) is 0 Å². The number of ketones is 1. The van der Waals surface area contributed by atoms with Gasteiger partial charge in [-0.2, -0.15) is 0 Å². The van der Waals surface area contributed by atoms with Crippen molar-refractivity contribution in [1.29, 1.82) is 0 Å². The number of aliphatic carboxylic acids is 1. The zero-order valence-corrected chi connectivity index (χ0v) is 12.1. The van der Waals surface area contributed by atoms with Gasteiger partial charge in [-0.15, -0.1) is 0 Å². The van der Waals surface area contributed by atoms with Crippen molar-refractivity contribution < 1.29 is 28.6 Å². The number of aliphatic hydroxyl groups excluding tert-OH is 1. The highest BCUT2D eigenvalue weighted by Gasteiger charge is 2.24. The van der Waals surface area contributed by atoms with E-state index in [2.05, 4.69) is 5.32 Å². The van der Waals surface area contributed by atoms with Gasteiger partial charge in [0.1, 0.15) is 5.57 Å². The van der Waals surface area contributed by atoms with Crippen LogP contribution in [0.25, 0.3) is 0 Å². The SMILES string of the molecule is O=C(O)C(=CNCCO)C(=O)c1cc(I)cc(F)c1F. The van der Waals surface area contributed by atoms with E-state index in [1.54, 1.807) is 22.6 Å². The Kier molecular flexibility index (Phi) is 6.02. The first-order valence-electron chi connectivity index (χ1n) is 5.35. The lowest BCUT2D eigenvalue weighted by atomic mass is 10.0. The van der Waals surface area contributed by atoms with Gasteiger partial charge >= 0.3 is 5.97 Å². The number of benzene rings is 1. The van der Waals surface area contributed by atoms with Gasteiger partial charge in [-0.3, -0.25) is 4.79 Å². The Morgan fingerprint density at radius 2 is 2.00 bits per heavy atom. The largest absolute Gasteiger partial charge is 0.477 e. The van der Waals surface area contributed by atoms with E-state index in [9.17, 15) is 18.4 Å². The van der Waals surface area contributed by atoms with Crippen LogP contribution in [0.2, 0.25) is 0 Å². The predicted molar refractivity (Wildman–Crippen MR) is 74.2 cm³/mol. The lowest BCUT2D eigenvalue weighted by Crippen LogP contribution is -2.20. The van der Waals surface area contributed by atoms with Gasteiger partial charge < -0.3 is 15.5 Å². The average molecular weight is 397 g/mol. The number of rotatable bonds is 6. The van der Waals surface area contributed by atoms with Gasteiger partial charge in [0.05, 0.1) is 12.2 Å². The van der Waals surface area contributed by atoms with Gasteiger partial charge in [-0.1, -0.05) is 0 Å². The number of hydrogen-bond acceptors (Lipinski definition) is 4. The summed E-state index contributed by atoms with van der Waals surface area (Å²) >= 11 is 1.68. The number of Topliss-reactive ketones (excluding diaryl/α,β-unsaturated/α-hetero) is 1. The molecule has 1 rings (SSSR count). The highest BCUT2D eigenvalue weighted by molar-refractivity contribution is 14.1. The quantitative estimate of drug-likeness (QED) is 0.128. The number of hydrogen-bond donors (Lipinski definition) is 3. The minimum atomic E-state index is -1.58. The van der Waals surface area contributed by atoms with Crippen molar-refractivity contribution in [2.24, 2.45) is 0 Å². The topological polar surface area (TPSA) is 86.6 Å². The molecule has 0 radical (unpaired) electrons. The van der Waals surface area contributed by atoms with Crippen molar-refractivity contribution in [3.63, 3.8) is 0 Å². The molecule has 0 saturated carbocycles. The fourth-order valence-electron chi connectivity index (χ4n) is 1.33. The molecule has 1 aromatic carbocycles. The van der Waals surface area contributed by atoms with Crippen LogP contribution in [0.3, 0.4) is 0 Å². The summed E-state index contributed by atoms with van der Waals surface area (Å²) < 4.78 is 27.1. The van der Waals surface area contributed by atoms with E-state index in [1.807, 2.05) is 0 Å². The molecule has 0 amide bonds. The van der Waals surface area contributed by atoms with Crippen LogP contribution >= 0.6 is 22.6 Å². The second-order valence-electron chi connectivity index (χ2n) is 3.62. The van der Waals surface area contributed by atoms with E-state index < -0.39 is 34.5 Å². The number of halogens is 3. The number of nitrogens with one attached hydrogen (secondary N) is 1. The molecule has 0 spiro atoms. The molecule has 20 heavy (non-hydrogen) atoms. The zero-order valence-electron chi connectivity index (χ0n) is 9.99. The lowest BCUT2D eigenvalue weighted by Gasteiger charge is -2.06. The Bertz CT molecular complexity index is 575. The van der Waals surface area contributed by atoms with E-state index in [0.29, 0.717) is 0 Å². The molecule has 5 nitrogen and oxygen atoms in total. The normalized spacial score (nSPS) is 11.3. The van der Waals surface area contributed by atoms with Crippen molar-refractivity contribution in [1.82, 2.24) is 5.32 Å². The summed E-state index contributed by atoms with van der Waals surface area (Å²) in [4.78, 5) is 22.9. The monoisotopic (exact) mass is 397 g/mol. The summed E-state index contributed by atoms with van der Waals surface area (Å²) in [5, 5.41) is 19.9. The van der Waals surface area contributed by atoms with Crippen molar-refractivity contribution >= 4 is 34.3 Å². The van der Waals surface area contributed by atoms with Gasteiger partial charge in [-0.05, 0) is 34.7 Å². The van der Waals surface area contributed by atoms with Crippen LogP contribution in [0.15, 0.2) is 23.9 Å². The van der Waals surface area contributed by atoms with Crippen LogP contribution in [0, 0.1) is 15.2 Å². The van der Waals surface area contributed by atoms with Gasteiger partial charge in [0, 0.05) is 16.3 Å². The van der Waals surface area contributed by atoms with Gasteiger partial charge in [-0.25, -0.2) is 13.6 Å². The van der Waals surface area contributed by atoms with E-state index in [4.69, 9.17) is 10.2 Å². The molecule has 8 heteroatoms. The highest BCUT2D eigenvalue weighted by atomic mass is 127. The Hall–Kier alpha value is -1.55. The molecule has 3 N–H and O–H groups in total. The number of carboxylic acids is 1. The molecule has 0 saturated heterocycles. The molecular formula is C12H10F2INO4. The third-order valence-corrected chi connectivity index (χ3v) is 2.84. The number of aliphatic hydroxyl groups is 1. The van der Waals surface area contributed by atoms with Gasteiger partial charge in [0.25, 0.3) is 0 Å². The maximum Gasteiger partial charge on any atom is 0.341 e. The predicted octanol–water partition coefficient (Wildman–Crippen LogP) is 1.30. The lowest BCUT2D eigenvalue weighted by molar-refractivity contribution is -0.132. The fraction of sp³-hybridized carbons (Fsp3) is 0.167. The van der Waals surface area contributed by atoms with Crippen molar-refractivity contribution in [3.8, 4) is 0 Å². The number of carboxylic acid groups (broad SMARTS) is 1. The maximum atomic E-state index is 13.6. The zero-order chi connectivity index (χ0) is 15.3. The van der Waals surface area contributed by atoms with Crippen LogP contribution in [0.1, 0.15) is 10.4 Å². The summed E-state index contributed by atoms with van der Waals surface area (Å²) in [5.41, 5.74) is -1.41. The molecule has 1 aromatic rings. The fourth-order valence-corrected chi connectivity index (χ4v) is 1.91. The highest BCUT2D eigenvalue weighted by Crippen LogP contribution is 2.19. The van der Waals surface area contributed by atoms with Crippen molar-refractivity contribution in [3.05, 3.63) is 44.7 Å². The second-order valence-corrected chi connectivity index (χ2v) is 4.86. The molecule has 0 atom stereocenters. The first kappa shape index (κ1) is 16.5. The Balaban J connectivity index is 3.20. The molecule has 0 aliphatic heterocycles. The van der Waals surface area contributed by atoms with Crippen molar-refractivity contribution in [2.45, 2.75) is 0 Å². The molecule has 0 aromatic heterocycles. The van der Waals surface area contributed by atoms with Gasteiger partial charge in [0.2, 0.25) is 5.78 Å². The smallest absolute Gasteiger partial charge is 0.341 e. The number of carbonyl (C=O) groups excluding carboxylic acids is 1. The standard InChI is InChI=1S/C12H10F2INO4/c13-9-4-6(15)3-7(10(9)14)11(18)8(12(19)20)5-16-1-2-17/h3-5,16-17H,1-2H2,(H,19,20). The molecule has 0 heterocycles. The van der Waals surface area contributed by atoms with Crippen LogP contribution in [-0.2, 0) is 4.79 Å². The molecule has 0 aliphatic rings. The molecule has 108 valence electrons. The molecular weight excluding hydrogens is 387 g/mol. The van der Waals surface area contributed by atoms with E-state index in [1.165, 1.54) is 0 Å². The first-order valence-corrected chi connectivity index (χ1v) is 6.43. The van der Waals surface area contributed by atoms with Crippen LogP contribution in [0.4, 0.5) is 8.78 Å². The van der Waals surface area contributed by atoms with Crippen LogP contribution in [-0.4, -0.2) is 35.1 Å². The summed E-state index contributed by atoms with van der Waals surface area (Å²) in [5.74, 6) is -5.37. The molecule has 0 fully saturated rings. The first-order chi connectivity index (χ1) is 9.38. The number of carbonyl (C=O) groups is 2. The molecule has 0 bridgehead atoms. The van der Waals surface area contributed by atoms with Crippen LogP contribution < -0.4 is 5.32 Å². The van der Waals surface area contributed by atoms with E-state index in [-0.39, 0.29) is 16.7 Å². The second kappa shape index (κ2) is 7.29.